The van der Waals surface area contributed by atoms with Crippen molar-refractivity contribution in [2.45, 2.75) is 25.6 Å². The van der Waals surface area contributed by atoms with Gasteiger partial charge in [0.25, 0.3) is 5.91 Å². The molecule has 2 aromatic heterocycles. The van der Waals surface area contributed by atoms with E-state index in [2.05, 4.69) is 42.7 Å². The summed E-state index contributed by atoms with van der Waals surface area (Å²) in [5.74, 6) is 5.45. The molecule has 0 radical (unpaired) electrons. The fourth-order valence-electron chi connectivity index (χ4n) is 3.69. The number of hydrogen-bond donors (Lipinski definition) is 3. The number of nitrogens with zero attached hydrogens (tertiary/aromatic N) is 3. The van der Waals surface area contributed by atoms with Crippen molar-refractivity contribution in [3.8, 4) is 11.8 Å². The van der Waals surface area contributed by atoms with Gasteiger partial charge >= 0.3 is 6.18 Å². The van der Waals surface area contributed by atoms with Gasteiger partial charge in [-0.2, -0.15) is 13.2 Å². The monoisotopic (exact) mass is 514 g/mol. The van der Waals surface area contributed by atoms with E-state index in [-0.39, 0.29) is 5.69 Å². The third-order valence-corrected chi connectivity index (χ3v) is 6.65. The van der Waals surface area contributed by atoms with E-state index in [4.69, 9.17) is 0 Å². The topological polar surface area (TPSA) is 82.2 Å². The maximum absolute atomic E-state index is 12.9. The SMILES string of the molecule is CNC1CCN(CNc2ncc(C#Cc3cc(NC(=O)c4cc(C(F)(F)F)ccn4)ccc3C)s2)C1. The molecule has 1 unspecified atom stereocenters. The molecule has 0 aliphatic carbocycles. The molecule has 11 heteroatoms. The molecule has 7 nitrogen and oxygen atoms in total. The van der Waals surface area contributed by atoms with Gasteiger partial charge in [-0.3, -0.25) is 14.7 Å². The van der Waals surface area contributed by atoms with Gasteiger partial charge in [-0.1, -0.05) is 23.3 Å². The molecule has 3 heterocycles. The molecule has 1 aliphatic rings. The molecule has 1 fully saturated rings. The molecule has 3 N–H and O–H groups in total. The Morgan fingerprint density at radius 2 is 2.06 bits per heavy atom. The van der Waals surface area contributed by atoms with Crippen molar-refractivity contribution in [1.82, 2.24) is 20.2 Å². The number of aromatic nitrogens is 2. The highest BCUT2D eigenvalue weighted by atomic mass is 32.1. The Morgan fingerprint density at radius 3 is 2.81 bits per heavy atom. The molecule has 188 valence electrons. The molecular weight excluding hydrogens is 489 g/mol. The number of anilines is 2. The van der Waals surface area contributed by atoms with Gasteiger partial charge < -0.3 is 16.0 Å². The minimum absolute atomic E-state index is 0.321. The summed E-state index contributed by atoms with van der Waals surface area (Å²) in [6.07, 6.45) is -0.755. The van der Waals surface area contributed by atoms with E-state index in [0.29, 0.717) is 17.3 Å². The van der Waals surface area contributed by atoms with Crippen molar-refractivity contribution in [3.63, 3.8) is 0 Å². The summed E-state index contributed by atoms with van der Waals surface area (Å²) in [5.41, 5.74) is 0.736. The Hall–Kier alpha value is -3.46. The zero-order valence-electron chi connectivity index (χ0n) is 19.7. The number of carbonyl (C=O) groups excluding carboxylic acids is 1. The molecule has 1 saturated heterocycles. The number of alkyl halides is 3. The molecular formula is C25H25F3N6OS. The van der Waals surface area contributed by atoms with Crippen molar-refractivity contribution < 1.29 is 18.0 Å². The smallest absolute Gasteiger partial charge is 0.349 e. The molecule has 1 amide bonds. The van der Waals surface area contributed by atoms with Crippen LogP contribution >= 0.6 is 11.3 Å². The molecule has 0 spiro atoms. The highest BCUT2D eigenvalue weighted by Gasteiger charge is 2.31. The average Bonchev–Trinajstić information content (AvgIpc) is 3.52. The Labute approximate surface area is 211 Å². The van der Waals surface area contributed by atoms with E-state index in [1.54, 1.807) is 24.4 Å². The van der Waals surface area contributed by atoms with Crippen molar-refractivity contribution >= 4 is 28.1 Å². The molecule has 0 saturated carbocycles. The molecule has 3 aromatic rings. The Balaban J connectivity index is 1.40. The third kappa shape index (κ3) is 6.60. The summed E-state index contributed by atoms with van der Waals surface area (Å²) < 4.78 is 38.8. The van der Waals surface area contributed by atoms with E-state index in [0.717, 1.165) is 60.1 Å². The van der Waals surface area contributed by atoms with Crippen molar-refractivity contribution in [1.29, 1.82) is 0 Å². The number of benzene rings is 1. The van der Waals surface area contributed by atoms with Crippen LogP contribution in [0.3, 0.4) is 0 Å². The first-order valence-corrected chi connectivity index (χ1v) is 12.1. The number of aryl methyl sites for hydroxylation is 1. The minimum atomic E-state index is -4.56. The summed E-state index contributed by atoms with van der Waals surface area (Å²) >= 11 is 1.46. The number of thiazole rings is 1. The Kier molecular flexibility index (Phi) is 7.88. The van der Waals surface area contributed by atoms with Crippen LogP contribution in [0.2, 0.25) is 0 Å². The number of pyridine rings is 1. The van der Waals surface area contributed by atoms with Crippen molar-refractivity contribution in [2.75, 3.05) is 37.4 Å². The predicted octanol–water partition coefficient (Wildman–Crippen LogP) is 4.18. The number of amides is 1. The number of hydrogen-bond acceptors (Lipinski definition) is 7. The number of likely N-dealkylation sites (N-methyl/N-ethyl adjacent to an activating group) is 1. The largest absolute Gasteiger partial charge is 0.416 e. The van der Waals surface area contributed by atoms with Gasteiger partial charge in [-0.05, 0) is 56.1 Å². The Bertz CT molecular complexity index is 1300. The van der Waals surface area contributed by atoms with Gasteiger partial charge in [-0.25, -0.2) is 4.98 Å². The van der Waals surface area contributed by atoms with Crippen LogP contribution in [0.4, 0.5) is 24.0 Å². The molecule has 1 aromatic carbocycles. The maximum Gasteiger partial charge on any atom is 0.416 e. The first-order valence-electron chi connectivity index (χ1n) is 11.3. The molecule has 1 atom stereocenters. The summed E-state index contributed by atoms with van der Waals surface area (Å²) in [6.45, 7) is 4.64. The lowest BCUT2D eigenvalue weighted by Crippen LogP contribution is -2.32. The van der Waals surface area contributed by atoms with Crippen LogP contribution in [0, 0.1) is 18.8 Å². The fourth-order valence-corrected chi connectivity index (χ4v) is 4.35. The molecule has 4 rings (SSSR count). The van der Waals surface area contributed by atoms with Crippen LogP contribution in [0.5, 0.6) is 0 Å². The second kappa shape index (κ2) is 11.1. The number of likely N-dealkylation sites (tertiary alicyclic amines) is 1. The first-order chi connectivity index (χ1) is 17.2. The van der Waals surface area contributed by atoms with Crippen LogP contribution in [0.25, 0.3) is 0 Å². The van der Waals surface area contributed by atoms with Gasteiger partial charge in [0.15, 0.2) is 5.13 Å². The highest BCUT2D eigenvalue weighted by molar-refractivity contribution is 7.16. The van der Waals surface area contributed by atoms with Gasteiger partial charge in [0.1, 0.15) is 5.69 Å². The molecule has 36 heavy (non-hydrogen) atoms. The van der Waals surface area contributed by atoms with Gasteiger partial charge in [-0.15, -0.1) is 0 Å². The van der Waals surface area contributed by atoms with Gasteiger partial charge in [0.2, 0.25) is 0 Å². The van der Waals surface area contributed by atoms with Crippen LogP contribution in [-0.4, -0.2) is 53.6 Å². The van der Waals surface area contributed by atoms with Gasteiger partial charge in [0.05, 0.1) is 23.3 Å². The lowest BCUT2D eigenvalue weighted by atomic mass is 10.1. The first kappa shape index (κ1) is 25.6. The third-order valence-electron chi connectivity index (χ3n) is 5.78. The van der Waals surface area contributed by atoms with Crippen molar-refractivity contribution in [3.05, 3.63) is 70.0 Å². The summed E-state index contributed by atoms with van der Waals surface area (Å²) in [4.78, 5) is 23.7. The second-order valence-electron chi connectivity index (χ2n) is 8.38. The maximum atomic E-state index is 12.9. The zero-order chi connectivity index (χ0) is 25.7. The normalized spacial score (nSPS) is 15.9. The molecule has 0 bridgehead atoms. The fraction of sp³-hybridized carbons (Fsp3) is 0.320. The minimum Gasteiger partial charge on any atom is -0.349 e. The Morgan fingerprint density at radius 1 is 1.22 bits per heavy atom. The predicted molar refractivity (Wildman–Crippen MR) is 134 cm³/mol. The number of nitrogens with one attached hydrogen (secondary N) is 3. The van der Waals surface area contributed by atoms with Crippen LogP contribution in [0.15, 0.2) is 42.7 Å². The number of carbonyl (C=O) groups is 1. The molecule has 1 aliphatic heterocycles. The standard InChI is InChI=1S/C25H25F3N6OS/c1-16-3-5-19(33-23(35)22-12-18(7-9-30-22)25(26,27)28)11-17(16)4-6-21-13-31-24(36-21)32-15-34-10-8-20(14-34)29-2/h3,5,7,9,11-13,20,29H,8,10,14-15H2,1-2H3,(H,31,32)(H,33,35). The zero-order valence-corrected chi connectivity index (χ0v) is 20.6. The van der Waals surface area contributed by atoms with Crippen LogP contribution in [-0.2, 0) is 6.18 Å². The van der Waals surface area contributed by atoms with E-state index >= 15 is 0 Å². The van der Waals surface area contributed by atoms with E-state index in [1.165, 1.54) is 11.3 Å². The van der Waals surface area contributed by atoms with Gasteiger partial charge in [0, 0.05) is 36.6 Å². The number of rotatable bonds is 6. The quantitative estimate of drug-likeness (QED) is 0.428. The van der Waals surface area contributed by atoms with E-state index in [9.17, 15) is 18.0 Å². The second-order valence-corrected chi connectivity index (χ2v) is 9.41. The summed E-state index contributed by atoms with van der Waals surface area (Å²) in [5, 5.41) is 10.0. The summed E-state index contributed by atoms with van der Waals surface area (Å²) in [6, 6.07) is 7.20. The number of halogens is 3. The lowest BCUT2D eigenvalue weighted by molar-refractivity contribution is -0.137. The summed E-state index contributed by atoms with van der Waals surface area (Å²) in [7, 11) is 1.98. The van der Waals surface area contributed by atoms with Crippen LogP contribution in [0.1, 0.15) is 38.5 Å². The van der Waals surface area contributed by atoms with Crippen LogP contribution < -0.4 is 16.0 Å². The van der Waals surface area contributed by atoms with E-state index in [1.807, 2.05) is 14.0 Å². The lowest BCUT2D eigenvalue weighted by Gasteiger charge is -2.15. The average molecular weight is 515 g/mol. The van der Waals surface area contributed by atoms with Crippen molar-refractivity contribution in [2.24, 2.45) is 0 Å². The highest BCUT2D eigenvalue weighted by Crippen LogP contribution is 2.29. The van der Waals surface area contributed by atoms with E-state index < -0.39 is 17.6 Å².